The van der Waals surface area contributed by atoms with Crippen molar-refractivity contribution in [2.75, 3.05) is 13.7 Å². The predicted molar refractivity (Wildman–Crippen MR) is 85.6 cm³/mol. The molecule has 2 heterocycles. The number of carbonyl (C=O) groups is 1. The molecule has 1 aromatic carbocycles. The first-order valence-corrected chi connectivity index (χ1v) is 7.74. The van der Waals surface area contributed by atoms with E-state index in [1.54, 1.807) is 6.07 Å². The molecule has 0 bridgehead atoms. The maximum absolute atomic E-state index is 11.5. The largest absolute Gasteiger partial charge is 0.482 e. The van der Waals surface area contributed by atoms with Crippen LogP contribution in [0.25, 0.3) is 10.9 Å². The van der Waals surface area contributed by atoms with E-state index in [0.717, 1.165) is 0 Å². The molecule has 0 spiro atoms. The highest BCUT2D eigenvalue weighted by Crippen LogP contribution is 2.45. The number of aromatic amines is 1. The molecular weight excluding hydrogens is 345 g/mol. The number of aldehydes is 1. The van der Waals surface area contributed by atoms with Crippen molar-refractivity contribution in [2.45, 2.75) is 24.7 Å². The fourth-order valence-electron chi connectivity index (χ4n) is 2.99. The molecular formula is C15H15Cl2NO5. The van der Waals surface area contributed by atoms with E-state index >= 15 is 0 Å². The fraction of sp³-hybridized carbons (Fsp3) is 0.400. The topological polar surface area (TPSA) is 91.8 Å². The summed E-state index contributed by atoms with van der Waals surface area (Å²) in [5.41, 5.74) is 1.39. The fourth-order valence-corrected chi connectivity index (χ4v) is 3.47. The van der Waals surface area contributed by atoms with Crippen molar-refractivity contribution in [2.24, 2.45) is 0 Å². The summed E-state index contributed by atoms with van der Waals surface area (Å²) >= 11 is 12.5. The SMILES string of the molecule is COc1[nH]c2cc(Cl)c(Cl)c([C@H]3C[C@H](O)[C@@H](CO)O3)c2c1C=O. The molecule has 3 atom stereocenters. The van der Waals surface area contributed by atoms with Gasteiger partial charge in [-0.05, 0) is 6.07 Å². The molecule has 3 N–H and O–H groups in total. The number of aromatic nitrogens is 1. The molecule has 0 amide bonds. The zero-order chi connectivity index (χ0) is 16.7. The van der Waals surface area contributed by atoms with Crippen LogP contribution in [0.5, 0.6) is 5.88 Å². The summed E-state index contributed by atoms with van der Waals surface area (Å²) in [5.74, 6) is 0.298. The number of H-pyrrole nitrogens is 1. The van der Waals surface area contributed by atoms with Crippen LogP contribution in [-0.2, 0) is 4.74 Å². The van der Waals surface area contributed by atoms with Gasteiger partial charge in [-0.25, -0.2) is 0 Å². The van der Waals surface area contributed by atoms with Crippen molar-refractivity contribution in [3.63, 3.8) is 0 Å². The summed E-state index contributed by atoms with van der Waals surface area (Å²) in [6.45, 7) is -0.310. The molecule has 0 radical (unpaired) electrons. The van der Waals surface area contributed by atoms with Crippen molar-refractivity contribution < 1.29 is 24.5 Å². The molecule has 1 aliphatic rings. The van der Waals surface area contributed by atoms with Crippen LogP contribution < -0.4 is 4.74 Å². The van der Waals surface area contributed by atoms with Crippen LogP contribution in [0.3, 0.4) is 0 Å². The van der Waals surface area contributed by atoms with Gasteiger partial charge in [-0.1, -0.05) is 23.2 Å². The van der Waals surface area contributed by atoms with Gasteiger partial charge in [0.15, 0.2) is 6.29 Å². The smallest absolute Gasteiger partial charge is 0.202 e. The molecule has 124 valence electrons. The summed E-state index contributed by atoms with van der Waals surface area (Å²) in [4.78, 5) is 14.5. The van der Waals surface area contributed by atoms with E-state index < -0.39 is 18.3 Å². The number of methoxy groups -OCH3 is 1. The Morgan fingerprint density at radius 2 is 2.26 bits per heavy atom. The normalized spacial score (nSPS) is 24.3. The summed E-state index contributed by atoms with van der Waals surface area (Å²) in [6.07, 6.45) is -1.21. The van der Waals surface area contributed by atoms with Crippen molar-refractivity contribution in [3.8, 4) is 5.88 Å². The Morgan fingerprint density at radius 1 is 1.52 bits per heavy atom. The minimum atomic E-state index is -0.824. The summed E-state index contributed by atoms with van der Waals surface area (Å²) in [7, 11) is 1.44. The zero-order valence-corrected chi connectivity index (χ0v) is 13.7. The molecule has 1 saturated heterocycles. The number of halogens is 2. The average molecular weight is 360 g/mol. The maximum atomic E-state index is 11.5. The number of fused-ring (bicyclic) bond motifs is 1. The van der Waals surface area contributed by atoms with E-state index in [-0.39, 0.29) is 18.1 Å². The zero-order valence-electron chi connectivity index (χ0n) is 12.2. The third kappa shape index (κ3) is 2.60. The number of benzene rings is 1. The summed E-state index contributed by atoms with van der Waals surface area (Å²) < 4.78 is 10.9. The van der Waals surface area contributed by atoms with E-state index in [1.165, 1.54) is 7.11 Å². The maximum Gasteiger partial charge on any atom is 0.202 e. The van der Waals surface area contributed by atoms with Gasteiger partial charge in [0.25, 0.3) is 0 Å². The van der Waals surface area contributed by atoms with Crippen LogP contribution in [-0.4, -0.2) is 47.4 Å². The molecule has 6 nitrogen and oxygen atoms in total. The Morgan fingerprint density at radius 3 is 2.83 bits per heavy atom. The molecule has 1 aliphatic heterocycles. The number of hydrogen-bond donors (Lipinski definition) is 3. The van der Waals surface area contributed by atoms with Gasteiger partial charge in [0.1, 0.15) is 6.10 Å². The highest BCUT2D eigenvalue weighted by Gasteiger charge is 2.37. The monoisotopic (exact) mass is 359 g/mol. The van der Waals surface area contributed by atoms with Crippen LogP contribution >= 0.6 is 23.2 Å². The highest BCUT2D eigenvalue weighted by molar-refractivity contribution is 6.43. The number of carbonyl (C=O) groups excluding carboxylic acids is 1. The number of ether oxygens (including phenoxy) is 2. The molecule has 2 aromatic rings. The lowest BCUT2D eigenvalue weighted by atomic mass is 9.98. The van der Waals surface area contributed by atoms with Gasteiger partial charge in [-0.15, -0.1) is 0 Å². The molecule has 1 aromatic heterocycles. The molecule has 23 heavy (non-hydrogen) atoms. The Balaban J connectivity index is 2.24. The first kappa shape index (κ1) is 16.5. The van der Waals surface area contributed by atoms with Crippen LogP contribution in [0.1, 0.15) is 28.4 Å². The lowest BCUT2D eigenvalue weighted by Gasteiger charge is -2.16. The quantitative estimate of drug-likeness (QED) is 0.729. The molecule has 0 aliphatic carbocycles. The number of aliphatic hydroxyl groups is 2. The van der Waals surface area contributed by atoms with E-state index in [1.807, 2.05) is 0 Å². The van der Waals surface area contributed by atoms with E-state index in [2.05, 4.69) is 4.98 Å². The van der Waals surface area contributed by atoms with E-state index in [0.29, 0.717) is 39.2 Å². The van der Waals surface area contributed by atoms with Crippen LogP contribution in [0.2, 0.25) is 10.0 Å². The van der Waals surface area contributed by atoms with Crippen molar-refractivity contribution >= 4 is 40.4 Å². The van der Waals surface area contributed by atoms with Crippen LogP contribution in [0.15, 0.2) is 6.07 Å². The summed E-state index contributed by atoms with van der Waals surface area (Å²) in [6, 6.07) is 1.60. The third-order valence-electron chi connectivity index (χ3n) is 4.07. The Labute approximate surface area is 141 Å². The number of rotatable bonds is 4. The number of hydrogen-bond acceptors (Lipinski definition) is 5. The van der Waals surface area contributed by atoms with Crippen molar-refractivity contribution in [1.29, 1.82) is 0 Å². The van der Waals surface area contributed by atoms with Crippen LogP contribution in [0, 0.1) is 0 Å². The second-order valence-corrected chi connectivity index (χ2v) is 6.13. The van der Waals surface area contributed by atoms with Gasteiger partial charge < -0.3 is 24.7 Å². The average Bonchev–Trinajstić information content (AvgIpc) is 3.08. The lowest BCUT2D eigenvalue weighted by Crippen LogP contribution is -2.24. The van der Waals surface area contributed by atoms with Crippen molar-refractivity contribution in [1.82, 2.24) is 4.98 Å². The first-order chi connectivity index (χ1) is 11.0. The van der Waals surface area contributed by atoms with Crippen molar-refractivity contribution in [3.05, 3.63) is 27.2 Å². The minimum absolute atomic E-state index is 0.242. The van der Waals surface area contributed by atoms with E-state index in [4.69, 9.17) is 32.7 Å². The summed E-state index contributed by atoms with van der Waals surface area (Å²) in [5, 5.41) is 20.3. The van der Waals surface area contributed by atoms with Gasteiger partial charge in [-0.3, -0.25) is 4.79 Å². The standard InChI is InChI=1S/C15H15Cl2NO5/c1-22-15-6(4-19)12-8(18-15)2-7(16)14(17)13(12)10-3-9(21)11(5-20)23-10/h2,4,9-11,18,20-21H,3,5H2,1H3/t9-,10+,11+/m0/s1. The van der Waals surface area contributed by atoms with Gasteiger partial charge >= 0.3 is 0 Å². The third-order valence-corrected chi connectivity index (χ3v) is 4.87. The molecule has 0 unspecified atom stereocenters. The Hall–Kier alpha value is -1.31. The number of nitrogens with one attached hydrogen (secondary N) is 1. The minimum Gasteiger partial charge on any atom is -0.482 e. The molecule has 0 saturated carbocycles. The van der Waals surface area contributed by atoms with Gasteiger partial charge in [0.2, 0.25) is 5.88 Å². The van der Waals surface area contributed by atoms with Gasteiger partial charge in [-0.2, -0.15) is 0 Å². The highest BCUT2D eigenvalue weighted by atomic mass is 35.5. The molecule has 8 heteroatoms. The Kier molecular flexibility index (Phi) is 4.53. The predicted octanol–water partition coefficient (Wildman–Crippen LogP) is 2.48. The van der Waals surface area contributed by atoms with Gasteiger partial charge in [0.05, 0.1) is 47.1 Å². The molecule has 3 rings (SSSR count). The lowest BCUT2D eigenvalue weighted by molar-refractivity contribution is -0.0221. The first-order valence-electron chi connectivity index (χ1n) is 6.98. The van der Waals surface area contributed by atoms with E-state index in [9.17, 15) is 15.0 Å². The Bertz CT molecular complexity index is 760. The number of aliphatic hydroxyl groups excluding tert-OH is 2. The second kappa shape index (κ2) is 6.30. The second-order valence-electron chi connectivity index (χ2n) is 5.35. The molecule has 1 fully saturated rings. The van der Waals surface area contributed by atoms with Crippen LogP contribution in [0.4, 0.5) is 0 Å². The van der Waals surface area contributed by atoms with Gasteiger partial charge in [0, 0.05) is 17.4 Å².